The van der Waals surface area contributed by atoms with E-state index < -0.39 is 16.4 Å². The number of hydrogen-bond donors (Lipinski definition) is 1. The summed E-state index contributed by atoms with van der Waals surface area (Å²) in [5.74, 6) is 0. The standard InChI is InChI=1S/C13H33NOSi2/c1-12(17(7,8)13(2,3)4)15-16(5,6)11-9-10-14/h12H,9-11,14H2,1-8H3. The Morgan fingerprint density at radius 3 is 1.94 bits per heavy atom. The summed E-state index contributed by atoms with van der Waals surface area (Å²) in [5.41, 5.74) is 6.03. The molecule has 1 atom stereocenters. The third kappa shape index (κ3) is 5.24. The Morgan fingerprint density at radius 2 is 1.59 bits per heavy atom. The lowest BCUT2D eigenvalue weighted by Crippen LogP contribution is -2.53. The van der Waals surface area contributed by atoms with Crippen molar-refractivity contribution in [3.05, 3.63) is 0 Å². The van der Waals surface area contributed by atoms with Crippen molar-refractivity contribution in [2.45, 2.75) is 77.1 Å². The molecule has 2 nitrogen and oxygen atoms in total. The van der Waals surface area contributed by atoms with Gasteiger partial charge in [-0.3, -0.25) is 0 Å². The van der Waals surface area contributed by atoms with E-state index in [0.717, 1.165) is 13.0 Å². The smallest absolute Gasteiger partial charge is 0.186 e. The van der Waals surface area contributed by atoms with Gasteiger partial charge < -0.3 is 10.2 Å². The third-order valence-corrected chi connectivity index (χ3v) is 13.2. The van der Waals surface area contributed by atoms with Gasteiger partial charge in [-0.05, 0) is 44.1 Å². The van der Waals surface area contributed by atoms with Crippen molar-refractivity contribution in [1.82, 2.24) is 0 Å². The summed E-state index contributed by atoms with van der Waals surface area (Å²) in [6, 6.07) is 1.18. The molecular formula is C13H33NOSi2. The van der Waals surface area contributed by atoms with Crippen LogP contribution >= 0.6 is 0 Å². The van der Waals surface area contributed by atoms with Crippen LogP contribution < -0.4 is 5.73 Å². The van der Waals surface area contributed by atoms with Crippen LogP contribution in [0.2, 0.25) is 37.3 Å². The molecule has 0 heterocycles. The van der Waals surface area contributed by atoms with Crippen LogP contribution in [-0.2, 0) is 4.43 Å². The fourth-order valence-corrected chi connectivity index (χ4v) is 7.31. The van der Waals surface area contributed by atoms with Crippen LogP contribution in [0, 0.1) is 0 Å². The Hall–Kier alpha value is 0.354. The second-order valence-corrected chi connectivity index (χ2v) is 17.4. The maximum Gasteiger partial charge on any atom is 0.186 e. The van der Waals surface area contributed by atoms with Crippen LogP contribution in [0.5, 0.6) is 0 Å². The van der Waals surface area contributed by atoms with Crippen LogP contribution in [0.3, 0.4) is 0 Å². The zero-order valence-electron chi connectivity index (χ0n) is 13.2. The first-order valence-corrected chi connectivity index (χ1v) is 13.0. The maximum atomic E-state index is 6.48. The van der Waals surface area contributed by atoms with E-state index in [-0.39, 0.29) is 0 Å². The monoisotopic (exact) mass is 275 g/mol. The highest BCUT2D eigenvalue weighted by molar-refractivity contribution is 6.82. The highest BCUT2D eigenvalue weighted by Gasteiger charge is 2.42. The fourth-order valence-electron chi connectivity index (χ4n) is 1.82. The maximum absolute atomic E-state index is 6.48. The Kier molecular flexibility index (Phi) is 6.12. The third-order valence-electron chi connectivity index (χ3n) is 4.43. The fraction of sp³-hybridized carbons (Fsp3) is 1.00. The summed E-state index contributed by atoms with van der Waals surface area (Å²) >= 11 is 0. The molecule has 1 unspecified atom stereocenters. The summed E-state index contributed by atoms with van der Waals surface area (Å²) < 4.78 is 6.48. The minimum absolute atomic E-state index is 0.394. The molecule has 0 spiro atoms. The van der Waals surface area contributed by atoms with Crippen molar-refractivity contribution in [2.75, 3.05) is 6.54 Å². The second kappa shape index (κ2) is 6.00. The molecule has 0 aromatic carbocycles. The zero-order valence-corrected chi connectivity index (χ0v) is 15.2. The first-order chi connectivity index (χ1) is 7.44. The van der Waals surface area contributed by atoms with Gasteiger partial charge in [-0.2, -0.15) is 0 Å². The minimum Gasteiger partial charge on any atom is -0.418 e. The van der Waals surface area contributed by atoms with Crippen molar-refractivity contribution in [3.63, 3.8) is 0 Å². The SMILES string of the molecule is CC(O[Si](C)(C)CCCN)[Si](C)(C)C(C)(C)C. The van der Waals surface area contributed by atoms with E-state index >= 15 is 0 Å². The highest BCUT2D eigenvalue weighted by atomic mass is 28.4. The summed E-state index contributed by atoms with van der Waals surface area (Å²) in [5, 5.41) is 0.394. The molecule has 2 N–H and O–H groups in total. The van der Waals surface area contributed by atoms with E-state index in [1.54, 1.807) is 0 Å². The molecule has 0 radical (unpaired) electrons. The van der Waals surface area contributed by atoms with Crippen LogP contribution in [0.25, 0.3) is 0 Å². The summed E-state index contributed by atoms with van der Waals surface area (Å²) in [6.07, 6.45) is 1.10. The molecule has 0 bridgehead atoms. The molecule has 0 saturated carbocycles. The molecular weight excluding hydrogens is 242 g/mol. The lowest BCUT2D eigenvalue weighted by atomic mass is 10.2. The largest absolute Gasteiger partial charge is 0.418 e. The molecule has 0 rings (SSSR count). The number of rotatable bonds is 6. The Labute approximate surface area is 110 Å². The Balaban J connectivity index is 4.58. The van der Waals surface area contributed by atoms with Gasteiger partial charge in [0.05, 0.1) is 8.07 Å². The topological polar surface area (TPSA) is 35.2 Å². The van der Waals surface area contributed by atoms with Crippen molar-refractivity contribution in [3.8, 4) is 0 Å². The molecule has 104 valence electrons. The Morgan fingerprint density at radius 1 is 1.12 bits per heavy atom. The van der Waals surface area contributed by atoms with E-state index in [4.69, 9.17) is 10.2 Å². The second-order valence-electron chi connectivity index (χ2n) is 7.38. The first-order valence-electron chi connectivity index (χ1n) is 6.82. The van der Waals surface area contributed by atoms with Gasteiger partial charge in [0.1, 0.15) is 0 Å². The van der Waals surface area contributed by atoms with Crippen LogP contribution in [-0.4, -0.2) is 28.7 Å². The van der Waals surface area contributed by atoms with Gasteiger partial charge in [0, 0.05) is 5.73 Å². The Bertz CT molecular complexity index is 234. The number of hydrogen-bond acceptors (Lipinski definition) is 2. The van der Waals surface area contributed by atoms with E-state index in [0.29, 0.717) is 10.8 Å². The molecule has 17 heavy (non-hydrogen) atoms. The molecule has 0 aromatic rings. The first kappa shape index (κ1) is 17.4. The van der Waals surface area contributed by atoms with Gasteiger partial charge in [-0.1, -0.05) is 33.9 Å². The van der Waals surface area contributed by atoms with Gasteiger partial charge in [0.25, 0.3) is 0 Å². The normalized spacial score (nSPS) is 16.1. The van der Waals surface area contributed by atoms with Gasteiger partial charge in [0.2, 0.25) is 0 Å². The van der Waals surface area contributed by atoms with Crippen LogP contribution in [0.4, 0.5) is 0 Å². The quantitative estimate of drug-likeness (QED) is 0.744. The van der Waals surface area contributed by atoms with Gasteiger partial charge in [0.15, 0.2) is 8.32 Å². The average Bonchev–Trinajstić information content (AvgIpc) is 2.12. The molecule has 0 fully saturated rings. The number of nitrogens with two attached hydrogens (primary N) is 1. The van der Waals surface area contributed by atoms with Crippen molar-refractivity contribution < 1.29 is 4.43 Å². The highest BCUT2D eigenvalue weighted by Crippen LogP contribution is 2.39. The molecule has 0 aliphatic carbocycles. The van der Waals surface area contributed by atoms with Gasteiger partial charge in [-0.15, -0.1) is 0 Å². The molecule has 4 heteroatoms. The molecule has 0 saturated heterocycles. The summed E-state index contributed by atoms with van der Waals surface area (Å²) in [4.78, 5) is 0. The van der Waals surface area contributed by atoms with Gasteiger partial charge >= 0.3 is 0 Å². The van der Waals surface area contributed by atoms with Crippen molar-refractivity contribution in [1.29, 1.82) is 0 Å². The van der Waals surface area contributed by atoms with E-state index in [9.17, 15) is 0 Å². The lowest BCUT2D eigenvalue weighted by molar-refractivity contribution is 0.270. The zero-order chi connectivity index (χ0) is 13.9. The lowest BCUT2D eigenvalue weighted by Gasteiger charge is -2.44. The van der Waals surface area contributed by atoms with Gasteiger partial charge in [-0.25, -0.2) is 0 Å². The molecule has 0 aromatic heterocycles. The molecule has 0 aliphatic rings. The minimum atomic E-state index is -1.52. The summed E-state index contributed by atoms with van der Waals surface area (Å²) in [6.45, 7) is 19.7. The van der Waals surface area contributed by atoms with Crippen LogP contribution in [0.1, 0.15) is 34.1 Å². The van der Waals surface area contributed by atoms with Crippen molar-refractivity contribution in [2.24, 2.45) is 5.73 Å². The molecule has 0 aliphatic heterocycles. The average molecular weight is 276 g/mol. The van der Waals surface area contributed by atoms with E-state index in [1.807, 2.05) is 0 Å². The predicted octanol–water partition coefficient (Wildman–Crippen LogP) is 3.99. The van der Waals surface area contributed by atoms with E-state index in [2.05, 4.69) is 53.9 Å². The van der Waals surface area contributed by atoms with E-state index in [1.165, 1.54) is 6.04 Å². The van der Waals surface area contributed by atoms with Crippen molar-refractivity contribution >= 4 is 16.4 Å². The van der Waals surface area contributed by atoms with Crippen LogP contribution in [0.15, 0.2) is 0 Å². The predicted molar refractivity (Wildman–Crippen MR) is 83.7 cm³/mol. The summed E-state index contributed by atoms with van der Waals surface area (Å²) in [7, 11) is -2.90. The molecule has 0 amide bonds.